The van der Waals surface area contributed by atoms with Gasteiger partial charge in [-0.1, -0.05) is 17.3 Å². The molecule has 0 aliphatic carbocycles. The molecule has 0 N–H and O–H groups in total. The normalized spacial score (nSPS) is 21.0. The summed E-state index contributed by atoms with van der Waals surface area (Å²) in [4.78, 5) is 42.8. The smallest absolute Gasteiger partial charge is 0.308 e. The number of imide groups is 1. The SMILES string of the molecule is CC(=O)Oc1ccc(N2C(=O)[C@@H]3C(c4ccc(F)cc4)=NO[C@@H]3C2=O)cc1. The van der Waals surface area contributed by atoms with Crippen LogP contribution >= 0.6 is 0 Å². The predicted octanol–water partition coefficient (Wildman–Crippen LogP) is 2.04. The Morgan fingerprint density at radius 2 is 1.74 bits per heavy atom. The van der Waals surface area contributed by atoms with Gasteiger partial charge in [-0.15, -0.1) is 0 Å². The highest BCUT2D eigenvalue weighted by Gasteiger charge is 2.56. The van der Waals surface area contributed by atoms with Gasteiger partial charge in [-0.2, -0.15) is 0 Å². The van der Waals surface area contributed by atoms with Crippen LogP contribution in [0, 0.1) is 11.7 Å². The fourth-order valence-electron chi connectivity index (χ4n) is 3.12. The molecule has 0 saturated carbocycles. The number of fused-ring (bicyclic) bond motifs is 1. The maximum absolute atomic E-state index is 13.1. The quantitative estimate of drug-likeness (QED) is 0.470. The van der Waals surface area contributed by atoms with E-state index < -0.39 is 35.6 Å². The van der Waals surface area contributed by atoms with Gasteiger partial charge < -0.3 is 9.57 Å². The number of nitrogens with zero attached hydrogens (tertiary/aromatic N) is 2. The molecular formula is C19H13FN2O5. The van der Waals surface area contributed by atoms with Crippen LogP contribution in [0.15, 0.2) is 53.7 Å². The van der Waals surface area contributed by atoms with E-state index in [1.54, 1.807) is 0 Å². The number of rotatable bonds is 3. The minimum atomic E-state index is -1.05. The minimum Gasteiger partial charge on any atom is -0.427 e. The van der Waals surface area contributed by atoms with Gasteiger partial charge in [-0.25, -0.2) is 9.29 Å². The molecular weight excluding hydrogens is 355 g/mol. The molecule has 27 heavy (non-hydrogen) atoms. The minimum absolute atomic E-state index is 0.289. The van der Waals surface area contributed by atoms with Crippen molar-refractivity contribution in [1.29, 1.82) is 0 Å². The molecule has 8 heteroatoms. The van der Waals surface area contributed by atoms with Crippen molar-refractivity contribution in [3.63, 3.8) is 0 Å². The topological polar surface area (TPSA) is 85.3 Å². The zero-order valence-corrected chi connectivity index (χ0v) is 14.1. The Bertz CT molecular complexity index is 969. The molecule has 136 valence electrons. The second-order valence-electron chi connectivity index (χ2n) is 6.09. The largest absolute Gasteiger partial charge is 0.427 e. The number of hydrogen-bond donors (Lipinski definition) is 0. The first-order valence-electron chi connectivity index (χ1n) is 8.11. The van der Waals surface area contributed by atoms with Gasteiger partial charge in [-0.3, -0.25) is 14.4 Å². The molecule has 1 saturated heterocycles. The molecule has 0 bridgehead atoms. The first-order chi connectivity index (χ1) is 13.0. The molecule has 7 nitrogen and oxygen atoms in total. The van der Waals surface area contributed by atoms with Gasteiger partial charge in [0.05, 0.1) is 5.69 Å². The molecule has 2 aromatic rings. The van der Waals surface area contributed by atoms with Crippen molar-refractivity contribution in [1.82, 2.24) is 0 Å². The Hall–Kier alpha value is -3.55. The molecule has 2 aliphatic rings. The first-order valence-corrected chi connectivity index (χ1v) is 8.11. The third kappa shape index (κ3) is 2.84. The van der Waals surface area contributed by atoms with Gasteiger partial charge in [-0.05, 0) is 36.4 Å². The molecule has 2 aromatic carbocycles. The third-order valence-electron chi connectivity index (χ3n) is 4.31. The lowest BCUT2D eigenvalue weighted by atomic mass is 9.94. The van der Waals surface area contributed by atoms with E-state index in [0.717, 1.165) is 4.90 Å². The number of carbonyl (C=O) groups is 3. The predicted molar refractivity (Wildman–Crippen MR) is 91.5 cm³/mol. The molecule has 0 radical (unpaired) electrons. The second-order valence-corrected chi connectivity index (χ2v) is 6.09. The summed E-state index contributed by atoms with van der Waals surface area (Å²) in [5.74, 6) is -2.50. The summed E-state index contributed by atoms with van der Waals surface area (Å²) in [6.45, 7) is 1.27. The number of ether oxygens (including phenoxy) is 1. The summed E-state index contributed by atoms with van der Waals surface area (Å²) < 4.78 is 18.1. The zero-order valence-electron chi connectivity index (χ0n) is 14.1. The van der Waals surface area contributed by atoms with E-state index in [1.165, 1.54) is 55.5 Å². The van der Waals surface area contributed by atoms with Crippen LogP contribution < -0.4 is 9.64 Å². The lowest BCUT2D eigenvalue weighted by molar-refractivity contribution is -0.132. The number of esters is 1. The van der Waals surface area contributed by atoms with Crippen molar-refractivity contribution in [3.05, 3.63) is 59.9 Å². The van der Waals surface area contributed by atoms with Crippen LogP contribution in [0.5, 0.6) is 5.75 Å². The van der Waals surface area contributed by atoms with Gasteiger partial charge in [0.25, 0.3) is 5.91 Å². The van der Waals surface area contributed by atoms with E-state index >= 15 is 0 Å². The Kier molecular flexibility index (Phi) is 3.95. The van der Waals surface area contributed by atoms with Crippen molar-refractivity contribution in [2.24, 2.45) is 11.1 Å². The number of halogens is 1. The summed E-state index contributed by atoms with van der Waals surface area (Å²) in [7, 11) is 0. The lowest BCUT2D eigenvalue weighted by Crippen LogP contribution is -2.33. The van der Waals surface area contributed by atoms with Crippen molar-refractivity contribution in [2.45, 2.75) is 13.0 Å². The van der Waals surface area contributed by atoms with Gasteiger partial charge in [0.15, 0.2) is 0 Å². The van der Waals surface area contributed by atoms with Crippen LogP contribution in [0.1, 0.15) is 12.5 Å². The Morgan fingerprint density at radius 3 is 2.37 bits per heavy atom. The molecule has 0 spiro atoms. The molecule has 1 fully saturated rings. The van der Waals surface area contributed by atoms with E-state index in [0.29, 0.717) is 17.0 Å². The molecule has 0 aromatic heterocycles. The highest BCUT2D eigenvalue weighted by molar-refractivity contribution is 6.32. The standard InChI is InChI=1S/C19H13FN2O5/c1-10(23)26-14-8-6-13(7-9-14)22-18(24)15-16(21-27-17(15)19(22)25)11-2-4-12(20)5-3-11/h2-9,15,17H,1H3/t15-,17+/m1/s1. The number of oxime groups is 1. The van der Waals surface area contributed by atoms with Gasteiger partial charge >= 0.3 is 5.97 Å². The van der Waals surface area contributed by atoms with Crippen molar-refractivity contribution >= 4 is 29.2 Å². The second kappa shape index (κ2) is 6.31. The number of hydrogen-bond acceptors (Lipinski definition) is 6. The fourth-order valence-corrected chi connectivity index (χ4v) is 3.12. The van der Waals surface area contributed by atoms with Crippen LogP contribution in [0.2, 0.25) is 0 Å². The summed E-state index contributed by atoms with van der Waals surface area (Å²) >= 11 is 0. The Morgan fingerprint density at radius 1 is 1.07 bits per heavy atom. The van der Waals surface area contributed by atoms with Crippen LogP contribution in [0.25, 0.3) is 0 Å². The highest BCUT2D eigenvalue weighted by Crippen LogP contribution is 2.35. The highest BCUT2D eigenvalue weighted by atomic mass is 19.1. The summed E-state index contributed by atoms with van der Waals surface area (Å²) in [6.07, 6.45) is -1.05. The maximum atomic E-state index is 13.1. The van der Waals surface area contributed by atoms with E-state index in [1.807, 2.05) is 0 Å². The molecule has 4 rings (SSSR count). The van der Waals surface area contributed by atoms with Crippen LogP contribution in [-0.4, -0.2) is 29.6 Å². The fraction of sp³-hybridized carbons (Fsp3) is 0.158. The van der Waals surface area contributed by atoms with Crippen LogP contribution in [0.3, 0.4) is 0 Å². The molecule has 0 unspecified atom stereocenters. The zero-order chi connectivity index (χ0) is 19.1. The molecule has 2 heterocycles. The average Bonchev–Trinajstić information content (AvgIpc) is 3.17. The number of benzene rings is 2. The van der Waals surface area contributed by atoms with Crippen molar-refractivity contribution < 1.29 is 28.3 Å². The number of anilines is 1. The summed E-state index contributed by atoms with van der Waals surface area (Å²) in [5.41, 5.74) is 1.13. The Balaban J connectivity index is 1.62. The first kappa shape index (κ1) is 16.9. The number of amides is 2. The van der Waals surface area contributed by atoms with Crippen molar-refractivity contribution in [2.75, 3.05) is 4.90 Å². The monoisotopic (exact) mass is 368 g/mol. The van der Waals surface area contributed by atoms with E-state index in [9.17, 15) is 18.8 Å². The van der Waals surface area contributed by atoms with Crippen LogP contribution in [-0.2, 0) is 19.2 Å². The van der Waals surface area contributed by atoms with E-state index in [4.69, 9.17) is 9.57 Å². The maximum Gasteiger partial charge on any atom is 0.308 e. The lowest BCUT2D eigenvalue weighted by Gasteiger charge is -2.15. The molecule has 2 amide bonds. The van der Waals surface area contributed by atoms with Crippen molar-refractivity contribution in [3.8, 4) is 5.75 Å². The van der Waals surface area contributed by atoms with Crippen LogP contribution in [0.4, 0.5) is 10.1 Å². The summed E-state index contributed by atoms with van der Waals surface area (Å²) in [6, 6.07) is 11.4. The Labute approximate surface area is 153 Å². The van der Waals surface area contributed by atoms with Gasteiger partial charge in [0.1, 0.15) is 23.2 Å². The van der Waals surface area contributed by atoms with Gasteiger partial charge in [0, 0.05) is 12.5 Å². The molecule has 2 aliphatic heterocycles. The van der Waals surface area contributed by atoms with E-state index in [2.05, 4.69) is 5.16 Å². The van der Waals surface area contributed by atoms with Gasteiger partial charge in [0.2, 0.25) is 12.0 Å². The summed E-state index contributed by atoms with van der Waals surface area (Å²) in [5, 5.41) is 3.86. The average molecular weight is 368 g/mol. The number of carbonyl (C=O) groups excluding carboxylic acids is 3. The van der Waals surface area contributed by atoms with E-state index in [-0.39, 0.29) is 5.71 Å². The molecule has 2 atom stereocenters. The third-order valence-corrected chi connectivity index (χ3v) is 4.31.